The van der Waals surface area contributed by atoms with Gasteiger partial charge in [0.1, 0.15) is 0 Å². The van der Waals surface area contributed by atoms with E-state index in [-0.39, 0.29) is 0 Å². The Bertz CT molecular complexity index is 488. The Morgan fingerprint density at radius 3 is 2.88 bits per heavy atom. The van der Waals surface area contributed by atoms with Gasteiger partial charge >= 0.3 is 109 Å². The number of likely N-dealkylation sites (N-methyl/N-ethyl adjacent to an activating group) is 1. The maximum atomic E-state index is 5.31. The van der Waals surface area contributed by atoms with Crippen LogP contribution >= 0.6 is 0 Å². The number of methoxy groups -OCH3 is 1. The summed E-state index contributed by atoms with van der Waals surface area (Å²) in [6, 6.07) is 7.03. The third-order valence-corrected chi connectivity index (χ3v) is 5.35. The van der Waals surface area contributed by atoms with Crippen LogP contribution < -0.4 is 10.1 Å². The van der Waals surface area contributed by atoms with Gasteiger partial charge in [-0.3, -0.25) is 0 Å². The number of rotatable bonds is 5. The Balaban J connectivity index is 2.33. The monoisotopic (exact) mass is 297 g/mol. The molecule has 0 amide bonds. The van der Waals surface area contributed by atoms with E-state index in [2.05, 4.69) is 35.4 Å². The molecule has 0 aliphatic rings. The Labute approximate surface area is 109 Å². The molecule has 17 heavy (non-hydrogen) atoms. The molecular formula is C14H19NOSe. The first-order chi connectivity index (χ1) is 8.28. The molecule has 0 saturated carbocycles. The number of nitrogens with one attached hydrogen (secondary N) is 1. The quantitative estimate of drug-likeness (QED) is 0.856. The SMILES string of the molecule is CCC(Cc1c[se]c2ccc(OC)cc12)NC. The molecule has 1 atom stereocenters. The van der Waals surface area contributed by atoms with Crippen LogP contribution in [0.3, 0.4) is 0 Å². The summed E-state index contributed by atoms with van der Waals surface area (Å²) in [4.78, 5) is 2.41. The van der Waals surface area contributed by atoms with Crippen molar-refractivity contribution in [2.45, 2.75) is 25.8 Å². The van der Waals surface area contributed by atoms with Crippen molar-refractivity contribution in [3.63, 3.8) is 0 Å². The van der Waals surface area contributed by atoms with E-state index >= 15 is 0 Å². The Morgan fingerprint density at radius 1 is 1.41 bits per heavy atom. The predicted octanol–water partition coefficient (Wildman–Crippen LogP) is 2.45. The van der Waals surface area contributed by atoms with E-state index in [1.54, 1.807) is 7.11 Å². The van der Waals surface area contributed by atoms with Gasteiger partial charge in [-0.05, 0) is 0 Å². The summed E-state index contributed by atoms with van der Waals surface area (Å²) in [6.45, 7) is 2.23. The number of fused-ring (bicyclic) bond motifs is 1. The minimum atomic E-state index is 0.503. The fraction of sp³-hybridized carbons (Fsp3) is 0.429. The first-order valence-electron chi connectivity index (χ1n) is 5.99. The van der Waals surface area contributed by atoms with Crippen molar-refractivity contribution in [2.24, 2.45) is 0 Å². The van der Waals surface area contributed by atoms with Crippen molar-refractivity contribution in [1.82, 2.24) is 5.32 Å². The molecule has 2 rings (SSSR count). The van der Waals surface area contributed by atoms with Gasteiger partial charge in [0.15, 0.2) is 0 Å². The molecule has 0 aliphatic heterocycles. The van der Waals surface area contributed by atoms with Gasteiger partial charge < -0.3 is 0 Å². The molecule has 3 heteroatoms. The molecule has 1 unspecified atom stereocenters. The molecule has 0 radical (unpaired) electrons. The minimum absolute atomic E-state index is 0.503. The van der Waals surface area contributed by atoms with Gasteiger partial charge in [0, 0.05) is 0 Å². The zero-order valence-electron chi connectivity index (χ0n) is 10.6. The van der Waals surface area contributed by atoms with Crippen LogP contribution in [0.4, 0.5) is 0 Å². The van der Waals surface area contributed by atoms with Gasteiger partial charge in [0.2, 0.25) is 0 Å². The van der Waals surface area contributed by atoms with E-state index in [4.69, 9.17) is 4.74 Å². The van der Waals surface area contributed by atoms with Crippen molar-refractivity contribution in [2.75, 3.05) is 14.2 Å². The van der Waals surface area contributed by atoms with Crippen LogP contribution in [0.2, 0.25) is 0 Å². The second kappa shape index (κ2) is 5.72. The first-order valence-corrected chi connectivity index (χ1v) is 7.84. The third kappa shape index (κ3) is 2.74. The summed E-state index contributed by atoms with van der Waals surface area (Å²) in [5, 5.41) is 4.77. The van der Waals surface area contributed by atoms with Crippen molar-refractivity contribution < 1.29 is 4.74 Å². The first kappa shape index (κ1) is 12.7. The zero-order chi connectivity index (χ0) is 12.3. The predicted molar refractivity (Wildman–Crippen MR) is 74.3 cm³/mol. The molecule has 1 aromatic carbocycles. The van der Waals surface area contributed by atoms with Crippen LogP contribution in [0.25, 0.3) is 9.65 Å². The molecule has 1 N–H and O–H groups in total. The van der Waals surface area contributed by atoms with Gasteiger partial charge in [-0.1, -0.05) is 0 Å². The van der Waals surface area contributed by atoms with Gasteiger partial charge in [-0.15, -0.1) is 0 Å². The summed E-state index contributed by atoms with van der Waals surface area (Å²) in [7, 11) is 3.77. The standard InChI is InChI=1S/C14H19NOSe/c1-4-11(15-2)7-10-9-17-14-6-5-12(16-3)8-13(10)14/h5-6,8-9,11,15H,4,7H2,1-3H3. The fourth-order valence-electron chi connectivity index (χ4n) is 2.06. The van der Waals surface area contributed by atoms with Crippen molar-refractivity contribution >= 4 is 24.1 Å². The van der Waals surface area contributed by atoms with Crippen LogP contribution in [-0.2, 0) is 6.42 Å². The summed E-state index contributed by atoms with van der Waals surface area (Å²) in [5.41, 5.74) is 1.49. The second-order valence-corrected chi connectivity index (χ2v) is 6.13. The average molecular weight is 296 g/mol. The second-order valence-electron chi connectivity index (χ2n) is 4.22. The van der Waals surface area contributed by atoms with Crippen LogP contribution in [0, 0.1) is 0 Å². The molecular weight excluding hydrogens is 277 g/mol. The Hall–Kier alpha value is -0.761. The number of benzene rings is 1. The van der Waals surface area contributed by atoms with Gasteiger partial charge in [-0.2, -0.15) is 0 Å². The average Bonchev–Trinajstić information content (AvgIpc) is 2.78. The van der Waals surface area contributed by atoms with E-state index in [1.165, 1.54) is 21.6 Å². The summed E-state index contributed by atoms with van der Waals surface area (Å²) in [5.74, 6) is 0.963. The van der Waals surface area contributed by atoms with E-state index in [9.17, 15) is 0 Å². The Morgan fingerprint density at radius 2 is 2.24 bits per heavy atom. The molecule has 2 aromatic rings. The number of ether oxygens (including phenoxy) is 1. The fourth-order valence-corrected chi connectivity index (χ4v) is 4.07. The summed E-state index contributed by atoms with van der Waals surface area (Å²) < 4.78 is 6.79. The van der Waals surface area contributed by atoms with Crippen molar-refractivity contribution in [3.8, 4) is 5.75 Å². The van der Waals surface area contributed by atoms with Gasteiger partial charge in [0.05, 0.1) is 0 Å². The van der Waals surface area contributed by atoms with Gasteiger partial charge in [-0.25, -0.2) is 0 Å². The van der Waals surface area contributed by atoms with Gasteiger partial charge in [0.25, 0.3) is 0 Å². The normalized spacial score (nSPS) is 12.9. The van der Waals surface area contributed by atoms with E-state index in [1.807, 2.05) is 7.05 Å². The summed E-state index contributed by atoms with van der Waals surface area (Å²) in [6.07, 6.45) is 2.29. The van der Waals surface area contributed by atoms with E-state index in [0.717, 1.165) is 12.2 Å². The van der Waals surface area contributed by atoms with Crippen molar-refractivity contribution in [1.29, 1.82) is 0 Å². The summed E-state index contributed by atoms with van der Waals surface area (Å²) >= 11 is 0.503. The molecule has 1 aromatic heterocycles. The van der Waals surface area contributed by atoms with Crippen LogP contribution in [0.15, 0.2) is 23.1 Å². The van der Waals surface area contributed by atoms with Crippen LogP contribution in [0.1, 0.15) is 18.9 Å². The van der Waals surface area contributed by atoms with Crippen LogP contribution in [-0.4, -0.2) is 34.7 Å². The molecule has 1 heterocycles. The van der Waals surface area contributed by atoms with E-state index < -0.39 is 0 Å². The molecule has 0 saturated heterocycles. The zero-order valence-corrected chi connectivity index (χ0v) is 12.3. The molecule has 0 bridgehead atoms. The topological polar surface area (TPSA) is 21.3 Å². The molecule has 92 valence electrons. The maximum absolute atomic E-state index is 5.31. The number of hydrogen-bond donors (Lipinski definition) is 1. The molecule has 0 aliphatic carbocycles. The molecule has 2 nitrogen and oxygen atoms in total. The van der Waals surface area contributed by atoms with E-state index in [0.29, 0.717) is 20.5 Å². The Kier molecular flexibility index (Phi) is 4.27. The third-order valence-electron chi connectivity index (χ3n) is 3.23. The van der Waals surface area contributed by atoms with Crippen LogP contribution in [0.5, 0.6) is 5.75 Å². The number of hydrogen-bond acceptors (Lipinski definition) is 2. The van der Waals surface area contributed by atoms with Crippen molar-refractivity contribution in [3.05, 3.63) is 28.7 Å². The molecule has 0 fully saturated rings. The molecule has 0 spiro atoms.